The van der Waals surface area contributed by atoms with E-state index >= 15 is 0 Å². The lowest BCUT2D eigenvalue weighted by molar-refractivity contribution is 0.243. The fraction of sp³-hybridized carbons (Fsp3) is 0.105. The van der Waals surface area contributed by atoms with Crippen molar-refractivity contribution >= 4 is 17.0 Å². The highest BCUT2D eigenvalue weighted by Crippen LogP contribution is 2.42. The number of anilines is 1. The molecule has 1 atom stereocenters. The number of allylic oxidation sites excluding steroid dienone is 1. The highest BCUT2D eigenvalue weighted by atomic mass is 16.5. The molecular formula is C19H16N2O. The van der Waals surface area contributed by atoms with E-state index in [0.717, 1.165) is 22.4 Å². The molecule has 0 radical (unpaired) electrons. The van der Waals surface area contributed by atoms with Crippen LogP contribution in [0.25, 0.3) is 5.57 Å². The fourth-order valence-electron chi connectivity index (χ4n) is 3.10. The summed E-state index contributed by atoms with van der Waals surface area (Å²) in [4.78, 5) is 0. The summed E-state index contributed by atoms with van der Waals surface area (Å²) < 4.78 is 6.11. The summed E-state index contributed by atoms with van der Waals surface area (Å²) in [7, 11) is 0. The summed E-state index contributed by atoms with van der Waals surface area (Å²) in [5, 5.41) is 7.89. The highest BCUT2D eigenvalue weighted by Gasteiger charge is 2.30. The van der Waals surface area contributed by atoms with E-state index in [-0.39, 0.29) is 6.10 Å². The number of fused-ring (bicyclic) bond motifs is 2. The zero-order chi connectivity index (χ0) is 15.1. The molecule has 1 unspecified atom stereocenters. The topological polar surface area (TPSA) is 59.1 Å². The van der Waals surface area contributed by atoms with Crippen LogP contribution in [0.2, 0.25) is 0 Å². The van der Waals surface area contributed by atoms with Crippen LogP contribution in [0.15, 0.2) is 66.3 Å². The molecule has 2 aromatic carbocycles. The summed E-state index contributed by atoms with van der Waals surface area (Å²) in [6.45, 7) is 0. The third kappa shape index (κ3) is 2.02. The molecule has 0 aromatic heterocycles. The van der Waals surface area contributed by atoms with E-state index in [4.69, 9.17) is 15.9 Å². The average molecular weight is 288 g/mol. The molecule has 0 saturated carbocycles. The van der Waals surface area contributed by atoms with Crippen LogP contribution in [0.4, 0.5) is 5.69 Å². The Morgan fingerprint density at radius 3 is 2.68 bits per heavy atom. The van der Waals surface area contributed by atoms with Crippen LogP contribution in [0.5, 0.6) is 5.75 Å². The zero-order valence-electron chi connectivity index (χ0n) is 12.0. The van der Waals surface area contributed by atoms with Gasteiger partial charge in [-0.25, -0.2) is 0 Å². The minimum absolute atomic E-state index is 0.109. The van der Waals surface area contributed by atoms with Crippen molar-refractivity contribution in [3.8, 4) is 5.75 Å². The van der Waals surface area contributed by atoms with Crippen molar-refractivity contribution in [2.45, 2.75) is 12.5 Å². The second-order valence-corrected chi connectivity index (χ2v) is 5.62. The van der Waals surface area contributed by atoms with Gasteiger partial charge in [-0.15, -0.1) is 0 Å². The Kier molecular flexibility index (Phi) is 2.86. The van der Waals surface area contributed by atoms with Gasteiger partial charge in [0.15, 0.2) is 0 Å². The number of nitrogen functional groups attached to an aromatic ring is 1. The number of hydrogen-bond acceptors (Lipinski definition) is 3. The van der Waals surface area contributed by atoms with E-state index in [0.29, 0.717) is 17.8 Å². The molecule has 4 rings (SSSR count). The molecule has 0 spiro atoms. The number of benzene rings is 2. The number of ether oxygens (including phenoxy) is 1. The molecule has 3 nitrogen and oxygen atoms in total. The third-order valence-corrected chi connectivity index (χ3v) is 4.11. The van der Waals surface area contributed by atoms with Crippen LogP contribution >= 0.6 is 0 Å². The smallest absolute Gasteiger partial charge is 0.130 e. The van der Waals surface area contributed by atoms with Crippen molar-refractivity contribution in [1.82, 2.24) is 0 Å². The van der Waals surface area contributed by atoms with Crippen molar-refractivity contribution in [2.24, 2.45) is 0 Å². The van der Waals surface area contributed by atoms with E-state index in [1.165, 1.54) is 5.57 Å². The van der Waals surface area contributed by atoms with Crippen molar-refractivity contribution in [3.63, 3.8) is 0 Å². The van der Waals surface area contributed by atoms with Gasteiger partial charge in [0.25, 0.3) is 0 Å². The normalized spacial score (nSPS) is 19.5. The number of rotatable bonds is 1. The van der Waals surface area contributed by atoms with Crippen LogP contribution in [0, 0.1) is 5.41 Å². The zero-order valence-corrected chi connectivity index (χ0v) is 12.0. The van der Waals surface area contributed by atoms with Crippen molar-refractivity contribution in [2.75, 3.05) is 5.73 Å². The van der Waals surface area contributed by atoms with Gasteiger partial charge in [-0.2, -0.15) is 0 Å². The van der Waals surface area contributed by atoms with E-state index in [1.54, 1.807) is 0 Å². The highest BCUT2D eigenvalue weighted by molar-refractivity contribution is 5.98. The first-order valence-electron chi connectivity index (χ1n) is 7.34. The molecule has 22 heavy (non-hydrogen) atoms. The maximum absolute atomic E-state index is 7.89. The first-order valence-corrected chi connectivity index (χ1v) is 7.34. The lowest BCUT2D eigenvalue weighted by Gasteiger charge is -2.32. The molecular weight excluding hydrogens is 272 g/mol. The van der Waals surface area contributed by atoms with Gasteiger partial charge in [-0.05, 0) is 29.3 Å². The van der Waals surface area contributed by atoms with Gasteiger partial charge in [0, 0.05) is 35.0 Å². The first kappa shape index (κ1) is 12.9. The summed E-state index contributed by atoms with van der Waals surface area (Å²) in [5.74, 6) is 0.802. The van der Waals surface area contributed by atoms with E-state index in [1.807, 2.05) is 48.6 Å². The largest absolute Gasteiger partial charge is 0.485 e. The molecule has 108 valence electrons. The fourth-order valence-corrected chi connectivity index (χ4v) is 3.10. The monoisotopic (exact) mass is 288 g/mol. The molecule has 2 aromatic rings. The lowest BCUT2D eigenvalue weighted by Crippen LogP contribution is -2.29. The summed E-state index contributed by atoms with van der Waals surface area (Å²) in [6, 6.07) is 16.1. The second-order valence-electron chi connectivity index (χ2n) is 5.62. The number of nitrogens with one attached hydrogen (secondary N) is 1. The van der Waals surface area contributed by atoms with Gasteiger partial charge >= 0.3 is 0 Å². The van der Waals surface area contributed by atoms with Gasteiger partial charge in [-0.1, -0.05) is 36.4 Å². The van der Waals surface area contributed by atoms with Gasteiger partial charge in [-0.3, -0.25) is 0 Å². The third-order valence-electron chi connectivity index (χ3n) is 4.11. The maximum Gasteiger partial charge on any atom is 0.130 e. The van der Waals surface area contributed by atoms with Crippen LogP contribution in [0.1, 0.15) is 17.5 Å². The van der Waals surface area contributed by atoms with Gasteiger partial charge < -0.3 is 15.9 Å². The van der Waals surface area contributed by atoms with Gasteiger partial charge in [0.1, 0.15) is 11.9 Å². The predicted molar refractivity (Wildman–Crippen MR) is 89.2 cm³/mol. The molecule has 1 aliphatic heterocycles. The van der Waals surface area contributed by atoms with Crippen molar-refractivity contribution in [1.29, 1.82) is 5.41 Å². The molecule has 0 amide bonds. The average Bonchev–Trinajstić information content (AvgIpc) is 2.53. The Morgan fingerprint density at radius 2 is 1.86 bits per heavy atom. The van der Waals surface area contributed by atoms with E-state index in [2.05, 4.69) is 12.1 Å². The maximum atomic E-state index is 7.89. The van der Waals surface area contributed by atoms with E-state index < -0.39 is 0 Å². The Bertz CT molecular complexity index is 819. The minimum atomic E-state index is -0.109. The quantitative estimate of drug-likeness (QED) is 0.784. The number of hydrogen-bond donors (Lipinski definition) is 2. The van der Waals surface area contributed by atoms with Crippen LogP contribution in [-0.2, 0) is 0 Å². The Morgan fingerprint density at radius 1 is 1.05 bits per heavy atom. The van der Waals surface area contributed by atoms with Crippen LogP contribution in [-0.4, -0.2) is 11.8 Å². The van der Waals surface area contributed by atoms with Crippen molar-refractivity contribution in [3.05, 3.63) is 77.4 Å². The molecule has 1 aliphatic carbocycles. The SMILES string of the molecule is N=C1C=CC2=C(c3ccccc3)c3ccc(N)cc3OC2C1. The molecule has 0 fully saturated rings. The second kappa shape index (κ2) is 4.88. The summed E-state index contributed by atoms with van der Waals surface area (Å²) >= 11 is 0. The molecule has 3 heteroatoms. The summed E-state index contributed by atoms with van der Waals surface area (Å²) in [5.41, 5.74) is 11.7. The molecule has 0 bridgehead atoms. The predicted octanol–water partition coefficient (Wildman–Crippen LogP) is 3.81. The minimum Gasteiger partial charge on any atom is -0.485 e. The first-order chi connectivity index (χ1) is 10.7. The molecule has 1 heterocycles. The lowest BCUT2D eigenvalue weighted by atomic mass is 9.84. The van der Waals surface area contributed by atoms with Gasteiger partial charge in [0.05, 0.1) is 0 Å². The number of nitrogens with two attached hydrogens (primary N) is 1. The molecule has 0 saturated heterocycles. The Balaban J connectivity index is 2.00. The Hall–Kier alpha value is -2.81. The van der Waals surface area contributed by atoms with Crippen LogP contribution < -0.4 is 10.5 Å². The van der Waals surface area contributed by atoms with Crippen LogP contribution in [0.3, 0.4) is 0 Å². The standard InChI is InChI=1S/C19H16N2O/c20-13-6-8-15-17(10-13)22-18-11-14(21)7-9-16(18)19(15)12-4-2-1-3-5-12/h1-10,18,21H,11,20H2. The van der Waals surface area contributed by atoms with E-state index in [9.17, 15) is 0 Å². The Labute approximate surface area is 129 Å². The molecule has 3 N–H and O–H groups in total. The summed E-state index contributed by atoms with van der Waals surface area (Å²) in [6.07, 6.45) is 4.36. The van der Waals surface area contributed by atoms with Gasteiger partial charge in [0.2, 0.25) is 0 Å². The van der Waals surface area contributed by atoms with Crippen molar-refractivity contribution < 1.29 is 4.74 Å². The molecule has 2 aliphatic rings.